The smallest absolute Gasteiger partial charge is 0.233 e. The van der Waals surface area contributed by atoms with Gasteiger partial charge in [0.25, 0.3) is 0 Å². The maximum atomic E-state index is 11.7. The van der Waals surface area contributed by atoms with Crippen LogP contribution in [-0.4, -0.2) is 35.1 Å². The topological polar surface area (TPSA) is 33.5 Å². The average Bonchev–Trinajstić information content (AvgIpc) is 2.82. The molecule has 2 heterocycles. The highest BCUT2D eigenvalue weighted by molar-refractivity contribution is 8.00. The maximum Gasteiger partial charge on any atom is 0.233 e. The molecule has 1 aliphatic heterocycles. The lowest BCUT2D eigenvalue weighted by molar-refractivity contribution is -0.128. The third-order valence-electron chi connectivity index (χ3n) is 2.51. The van der Waals surface area contributed by atoms with E-state index in [2.05, 4.69) is 6.26 Å². The summed E-state index contributed by atoms with van der Waals surface area (Å²) in [4.78, 5) is 13.6. The van der Waals surface area contributed by atoms with Crippen LogP contribution in [0.25, 0.3) is 0 Å². The van der Waals surface area contributed by atoms with Crippen LogP contribution in [0, 0.1) is 6.92 Å². The Labute approximate surface area is 104 Å². The second kappa shape index (κ2) is 5.19. The quantitative estimate of drug-likeness (QED) is 0.830. The van der Waals surface area contributed by atoms with Crippen molar-refractivity contribution in [1.29, 1.82) is 0 Å². The predicted octanol–water partition coefficient (Wildman–Crippen LogP) is 2.53. The highest BCUT2D eigenvalue weighted by atomic mass is 32.2. The zero-order chi connectivity index (χ0) is 11.5. The number of carbonyl (C=O) groups excluding carboxylic acids is 1. The summed E-state index contributed by atoms with van der Waals surface area (Å²) in [7, 11) is 0. The summed E-state index contributed by atoms with van der Waals surface area (Å²) < 4.78 is 5.60. The number of aryl methyl sites for hydroxylation is 1. The number of amides is 1. The molecule has 88 valence electrons. The van der Waals surface area contributed by atoms with Gasteiger partial charge in [-0.25, -0.2) is 0 Å². The fourth-order valence-electron chi connectivity index (χ4n) is 1.71. The molecule has 1 amide bonds. The van der Waals surface area contributed by atoms with Crippen LogP contribution in [0.2, 0.25) is 0 Å². The summed E-state index contributed by atoms with van der Waals surface area (Å²) in [6.45, 7) is 2.73. The van der Waals surface area contributed by atoms with Gasteiger partial charge in [-0.1, -0.05) is 0 Å². The number of thioether (sulfide) groups is 2. The van der Waals surface area contributed by atoms with Crippen LogP contribution in [0.5, 0.6) is 0 Å². The normalized spacial score (nSPS) is 20.8. The van der Waals surface area contributed by atoms with E-state index in [-0.39, 0.29) is 11.3 Å². The first-order valence-corrected chi connectivity index (χ1v) is 7.63. The van der Waals surface area contributed by atoms with Crippen molar-refractivity contribution in [3.63, 3.8) is 0 Å². The SMILES string of the molecule is CSCCN1C(=O)CSC1c1ccc(C)o1. The summed E-state index contributed by atoms with van der Waals surface area (Å²) in [6.07, 6.45) is 2.06. The first-order chi connectivity index (χ1) is 7.72. The van der Waals surface area contributed by atoms with Crippen molar-refractivity contribution in [2.45, 2.75) is 12.3 Å². The summed E-state index contributed by atoms with van der Waals surface area (Å²) in [5.74, 6) is 3.56. The molecule has 1 saturated heterocycles. The molecule has 0 aliphatic carbocycles. The van der Waals surface area contributed by atoms with Crippen LogP contribution in [0.4, 0.5) is 0 Å². The fourth-order valence-corrected chi connectivity index (χ4v) is 3.25. The average molecular weight is 257 g/mol. The van der Waals surface area contributed by atoms with Crippen molar-refractivity contribution in [1.82, 2.24) is 4.90 Å². The Morgan fingerprint density at radius 2 is 2.44 bits per heavy atom. The molecule has 16 heavy (non-hydrogen) atoms. The highest BCUT2D eigenvalue weighted by Crippen LogP contribution is 2.39. The molecule has 1 fully saturated rings. The monoisotopic (exact) mass is 257 g/mol. The van der Waals surface area contributed by atoms with E-state index in [4.69, 9.17) is 4.42 Å². The lowest BCUT2D eigenvalue weighted by Crippen LogP contribution is -2.30. The molecule has 5 heteroatoms. The van der Waals surface area contributed by atoms with Gasteiger partial charge in [-0.15, -0.1) is 11.8 Å². The van der Waals surface area contributed by atoms with Crippen molar-refractivity contribution in [3.8, 4) is 0 Å². The summed E-state index contributed by atoms with van der Waals surface area (Å²) in [5.41, 5.74) is 0. The van der Waals surface area contributed by atoms with Gasteiger partial charge < -0.3 is 9.32 Å². The van der Waals surface area contributed by atoms with E-state index < -0.39 is 0 Å². The van der Waals surface area contributed by atoms with Gasteiger partial charge in [0.05, 0.1) is 5.75 Å². The van der Waals surface area contributed by atoms with Gasteiger partial charge in [-0.05, 0) is 25.3 Å². The van der Waals surface area contributed by atoms with E-state index in [1.807, 2.05) is 24.0 Å². The Balaban J connectivity index is 2.11. The Bertz CT molecular complexity index is 378. The summed E-state index contributed by atoms with van der Waals surface area (Å²) >= 11 is 3.41. The van der Waals surface area contributed by atoms with E-state index in [9.17, 15) is 4.79 Å². The molecule has 1 aromatic rings. The van der Waals surface area contributed by atoms with Crippen LogP contribution < -0.4 is 0 Å². The van der Waals surface area contributed by atoms with Gasteiger partial charge in [-0.3, -0.25) is 4.79 Å². The largest absolute Gasteiger partial charge is 0.463 e. The van der Waals surface area contributed by atoms with Gasteiger partial charge in [0.15, 0.2) is 0 Å². The Morgan fingerprint density at radius 1 is 1.62 bits per heavy atom. The van der Waals surface area contributed by atoms with Gasteiger partial charge in [0, 0.05) is 12.3 Å². The Morgan fingerprint density at radius 3 is 3.06 bits per heavy atom. The fraction of sp³-hybridized carbons (Fsp3) is 0.545. The molecule has 1 aliphatic rings. The van der Waals surface area contributed by atoms with Crippen LogP contribution in [0.15, 0.2) is 16.5 Å². The molecule has 3 nitrogen and oxygen atoms in total. The molecule has 0 spiro atoms. The summed E-state index contributed by atoms with van der Waals surface area (Å²) in [6, 6.07) is 3.92. The third kappa shape index (κ3) is 2.40. The minimum atomic E-state index is 0.0772. The molecule has 2 rings (SSSR count). The van der Waals surface area contributed by atoms with E-state index in [0.717, 1.165) is 23.8 Å². The first-order valence-electron chi connectivity index (χ1n) is 5.18. The molecule has 0 N–H and O–H groups in total. The molecule has 1 atom stereocenters. The molecule has 0 bridgehead atoms. The maximum absolute atomic E-state index is 11.7. The summed E-state index contributed by atoms with van der Waals surface area (Å²) in [5, 5.41) is 0.0772. The first kappa shape index (κ1) is 11.9. The molecule has 0 aromatic carbocycles. The second-order valence-electron chi connectivity index (χ2n) is 3.69. The van der Waals surface area contributed by atoms with Crippen molar-refractivity contribution >= 4 is 29.4 Å². The van der Waals surface area contributed by atoms with Crippen molar-refractivity contribution in [3.05, 3.63) is 23.7 Å². The zero-order valence-electron chi connectivity index (χ0n) is 9.43. The molecule has 0 radical (unpaired) electrons. The molecular formula is C11H15NO2S2. The third-order valence-corrected chi connectivity index (χ3v) is 4.32. The van der Waals surface area contributed by atoms with Crippen molar-refractivity contribution in [2.24, 2.45) is 0 Å². The molecule has 1 aromatic heterocycles. The van der Waals surface area contributed by atoms with Gasteiger partial charge in [0.2, 0.25) is 5.91 Å². The minimum absolute atomic E-state index is 0.0772. The number of furan rings is 1. The van der Waals surface area contributed by atoms with Crippen molar-refractivity contribution < 1.29 is 9.21 Å². The van der Waals surface area contributed by atoms with Gasteiger partial charge in [0.1, 0.15) is 16.9 Å². The number of hydrogen-bond acceptors (Lipinski definition) is 4. The highest BCUT2D eigenvalue weighted by Gasteiger charge is 2.34. The number of rotatable bonds is 4. The number of carbonyl (C=O) groups is 1. The molecular weight excluding hydrogens is 242 g/mol. The minimum Gasteiger partial charge on any atom is -0.463 e. The van der Waals surface area contributed by atoms with Crippen LogP contribution >= 0.6 is 23.5 Å². The van der Waals surface area contributed by atoms with E-state index in [1.165, 1.54) is 0 Å². The Kier molecular flexibility index (Phi) is 3.86. The van der Waals surface area contributed by atoms with E-state index in [1.54, 1.807) is 23.5 Å². The Hall–Kier alpha value is -0.550. The molecule has 0 saturated carbocycles. The predicted molar refractivity (Wildman–Crippen MR) is 68.7 cm³/mol. The van der Waals surface area contributed by atoms with Crippen LogP contribution in [0.3, 0.4) is 0 Å². The van der Waals surface area contributed by atoms with E-state index >= 15 is 0 Å². The molecule has 1 unspecified atom stereocenters. The van der Waals surface area contributed by atoms with E-state index in [0.29, 0.717) is 5.75 Å². The van der Waals surface area contributed by atoms with Gasteiger partial charge in [-0.2, -0.15) is 11.8 Å². The number of nitrogens with zero attached hydrogens (tertiary/aromatic N) is 1. The zero-order valence-corrected chi connectivity index (χ0v) is 11.1. The lowest BCUT2D eigenvalue weighted by Gasteiger charge is -2.21. The van der Waals surface area contributed by atoms with Gasteiger partial charge >= 0.3 is 0 Å². The lowest BCUT2D eigenvalue weighted by atomic mass is 10.4. The van der Waals surface area contributed by atoms with Crippen molar-refractivity contribution in [2.75, 3.05) is 24.3 Å². The second-order valence-corrected chi connectivity index (χ2v) is 5.75. The van der Waals surface area contributed by atoms with Crippen LogP contribution in [0.1, 0.15) is 16.9 Å². The standard InChI is InChI=1S/C11H15NO2S2/c1-8-3-4-9(14-8)11-12(5-6-15-2)10(13)7-16-11/h3-4,11H,5-7H2,1-2H3. The number of hydrogen-bond donors (Lipinski definition) is 0. The van der Waals surface area contributed by atoms with Crippen LogP contribution in [-0.2, 0) is 4.79 Å².